The predicted octanol–water partition coefficient (Wildman–Crippen LogP) is 2.17. The fraction of sp³-hybridized carbons (Fsp3) is 0.500. The molecule has 2 heterocycles. The minimum absolute atomic E-state index is 0.0384. The lowest BCUT2D eigenvalue weighted by atomic mass is 10.00. The number of amides is 1. The van der Waals surface area contributed by atoms with Crippen molar-refractivity contribution in [2.45, 2.75) is 32.4 Å². The number of piperidine rings is 1. The monoisotopic (exact) mass is 356 g/mol. The minimum atomic E-state index is -0.452. The molecule has 3 rings (SSSR count). The Balaban J connectivity index is 1.87. The Labute approximate surface area is 154 Å². The number of para-hydroxylation sites is 1. The lowest BCUT2D eigenvalue weighted by Gasteiger charge is -2.39. The predicted molar refractivity (Wildman–Crippen MR) is 105 cm³/mol. The Morgan fingerprint density at radius 3 is 2.88 bits per heavy atom. The molecule has 1 aromatic heterocycles. The van der Waals surface area contributed by atoms with Crippen LogP contribution in [0, 0.1) is 5.92 Å². The van der Waals surface area contributed by atoms with Gasteiger partial charge in [0.05, 0.1) is 17.2 Å². The summed E-state index contributed by atoms with van der Waals surface area (Å²) in [6.07, 6.45) is 0.967. The Hall–Kier alpha value is -2.18. The third kappa shape index (κ3) is 3.97. The maximum absolute atomic E-state index is 12.0. The maximum atomic E-state index is 12.0. The number of nitrogens with one attached hydrogen (secondary N) is 1. The van der Waals surface area contributed by atoms with Gasteiger partial charge in [0.2, 0.25) is 0 Å². The van der Waals surface area contributed by atoms with Crippen molar-refractivity contribution < 1.29 is 9.53 Å². The fourth-order valence-electron chi connectivity index (χ4n) is 3.50. The molecule has 1 aliphatic heterocycles. The van der Waals surface area contributed by atoms with E-state index in [1.165, 1.54) is 0 Å². The second-order valence-electron chi connectivity index (χ2n) is 7.33. The molecule has 1 amide bonds. The molecule has 0 spiro atoms. The van der Waals surface area contributed by atoms with Crippen LogP contribution >= 0.6 is 0 Å². The van der Waals surface area contributed by atoms with Crippen molar-refractivity contribution in [3.8, 4) is 0 Å². The van der Waals surface area contributed by atoms with Crippen molar-refractivity contribution in [3.63, 3.8) is 0 Å². The largest absolute Gasteiger partial charge is 0.378 e. The first-order valence-corrected chi connectivity index (χ1v) is 9.20. The van der Waals surface area contributed by atoms with Gasteiger partial charge < -0.3 is 20.7 Å². The number of primary amides is 1. The number of methoxy groups -OCH3 is 1. The summed E-state index contributed by atoms with van der Waals surface area (Å²) in [5.74, 6) is 0.794. The zero-order chi connectivity index (χ0) is 18.7. The van der Waals surface area contributed by atoms with Gasteiger partial charge in [0.1, 0.15) is 5.82 Å². The number of hydrogen-bond acceptors (Lipinski definition) is 5. The van der Waals surface area contributed by atoms with Gasteiger partial charge in [-0.05, 0) is 31.0 Å². The fourth-order valence-corrected chi connectivity index (χ4v) is 3.50. The Kier molecular flexibility index (Phi) is 5.74. The average Bonchev–Trinajstić information content (AvgIpc) is 2.65. The summed E-state index contributed by atoms with van der Waals surface area (Å²) in [5.41, 5.74) is 6.97. The third-order valence-corrected chi connectivity index (χ3v) is 4.92. The van der Waals surface area contributed by atoms with E-state index in [2.05, 4.69) is 24.1 Å². The van der Waals surface area contributed by atoms with Crippen LogP contribution in [0.3, 0.4) is 0 Å². The van der Waals surface area contributed by atoms with Crippen molar-refractivity contribution >= 4 is 22.6 Å². The molecule has 2 unspecified atom stereocenters. The summed E-state index contributed by atoms with van der Waals surface area (Å²) < 4.78 is 5.73. The van der Waals surface area contributed by atoms with Crippen LogP contribution in [0.2, 0.25) is 0 Å². The highest BCUT2D eigenvalue weighted by atomic mass is 16.5. The van der Waals surface area contributed by atoms with E-state index in [0.29, 0.717) is 29.9 Å². The first-order chi connectivity index (χ1) is 12.5. The molecule has 1 saturated heterocycles. The first kappa shape index (κ1) is 18.6. The summed E-state index contributed by atoms with van der Waals surface area (Å²) in [4.78, 5) is 18.9. The Morgan fingerprint density at radius 2 is 2.19 bits per heavy atom. The summed E-state index contributed by atoms with van der Waals surface area (Å²) in [5, 5.41) is 4.52. The van der Waals surface area contributed by atoms with Crippen LogP contribution < -0.4 is 16.0 Å². The summed E-state index contributed by atoms with van der Waals surface area (Å²) >= 11 is 0. The van der Waals surface area contributed by atoms with E-state index >= 15 is 0 Å². The van der Waals surface area contributed by atoms with Crippen LogP contribution in [-0.2, 0) is 4.74 Å². The van der Waals surface area contributed by atoms with E-state index in [-0.39, 0.29) is 6.10 Å². The van der Waals surface area contributed by atoms with Gasteiger partial charge in [0, 0.05) is 31.6 Å². The lowest BCUT2D eigenvalue weighted by molar-refractivity contribution is 0.0589. The minimum Gasteiger partial charge on any atom is -0.378 e. The van der Waals surface area contributed by atoms with E-state index in [4.69, 9.17) is 15.5 Å². The van der Waals surface area contributed by atoms with Gasteiger partial charge in [-0.3, -0.25) is 4.79 Å². The Bertz CT molecular complexity index is 777. The van der Waals surface area contributed by atoms with E-state index in [9.17, 15) is 4.79 Å². The van der Waals surface area contributed by atoms with Gasteiger partial charge in [0.15, 0.2) is 0 Å². The highest BCUT2D eigenvalue weighted by Crippen LogP contribution is 2.27. The van der Waals surface area contributed by atoms with Gasteiger partial charge >= 0.3 is 0 Å². The molecule has 26 heavy (non-hydrogen) atoms. The number of pyridine rings is 1. The zero-order valence-corrected chi connectivity index (χ0v) is 15.7. The first-order valence-electron chi connectivity index (χ1n) is 9.20. The molecular weight excluding hydrogens is 328 g/mol. The number of hydrogen-bond donors (Lipinski definition) is 2. The molecule has 1 fully saturated rings. The summed E-state index contributed by atoms with van der Waals surface area (Å²) in [6.45, 7) is 6.84. The molecule has 2 atom stereocenters. The van der Waals surface area contributed by atoms with Crippen LogP contribution in [0.1, 0.15) is 30.6 Å². The van der Waals surface area contributed by atoms with Crippen molar-refractivity contribution in [1.82, 2.24) is 10.3 Å². The normalized spacial score (nSPS) is 20.7. The van der Waals surface area contributed by atoms with Gasteiger partial charge in [-0.25, -0.2) is 4.98 Å². The van der Waals surface area contributed by atoms with Crippen LogP contribution in [0.5, 0.6) is 0 Å². The van der Waals surface area contributed by atoms with E-state index in [0.717, 1.165) is 30.4 Å². The van der Waals surface area contributed by atoms with Crippen LogP contribution in [0.4, 0.5) is 5.82 Å². The number of anilines is 1. The van der Waals surface area contributed by atoms with Crippen molar-refractivity contribution in [3.05, 3.63) is 35.9 Å². The Morgan fingerprint density at radius 1 is 1.42 bits per heavy atom. The molecule has 0 aliphatic carbocycles. The van der Waals surface area contributed by atoms with E-state index in [1.807, 2.05) is 30.3 Å². The van der Waals surface area contributed by atoms with Crippen LogP contribution in [0.15, 0.2) is 30.3 Å². The number of rotatable bonds is 6. The molecule has 3 N–H and O–H groups in total. The van der Waals surface area contributed by atoms with E-state index < -0.39 is 5.91 Å². The quantitative estimate of drug-likeness (QED) is 0.829. The molecule has 0 radical (unpaired) electrons. The topological polar surface area (TPSA) is 80.5 Å². The van der Waals surface area contributed by atoms with Crippen molar-refractivity contribution in [1.29, 1.82) is 0 Å². The van der Waals surface area contributed by atoms with Crippen molar-refractivity contribution in [2.24, 2.45) is 11.7 Å². The highest BCUT2D eigenvalue weighted by molar-refractivity contribution is 6.01. The standard InChI is InChI=1S/C20H28N4O2/c1-13(2)11-22-17-8-9-24(12-18(17)26-3)20-15(19(21)25)10-14-6-4-5-7-16(14)23-20/h4-7,10,13,17-18,22H,8-9,11-12H2,1-3H3,(H2,21,25). The number of aromatic nitrogens is 1. The number of nitrogens with two attached hydrogens (primary N) is 1. The van der Waals surface area contributed by atoms with Gasteiger partial charge in [0.25, 0.3) is 5.91 Å². The number of benzene rings is 1. The van der Waals surface area contributed by atoms with Crippen LogP contribution in [0.25, 0.3) is 10.9 Å². The molecule has 1 aromatic carbocycles. The number of carbonyl (C=O) groups excluding carboxylic acids is 1. The molecule has 2 aromatic rings. The summed E-state index contributed by atoms with van der Waals surface area (Å²) in [7, 11) is 1.74. The molecule has 6 heteroatoms. The van der Waals surface area contributed by atoms with Gasteiger partial charge in [-0.2, -0.15) is 0 Å². The molecular formula is C20H28N4O2. The summed E-state index contributed by atoms with van der Waals surface area (Å²) in [6, 6.07) is 9.92. The molecule has 0 bridgehead atoms. The van der Waals surface area contributed by atoms with Gasteiger partial charge in [-0.1, -0.05) is 32.0 Å². The molecule has 1 aliphatic rings. The smallest absolute Gasteiger partial charge is 0.252 e. The van der Waals surface area contributed by atoms with Gasteiger partial charge in [-0.15, -0.1) is 0 Å². The maximum Gasteiger partial charge on any atom is 0.252 e. The number of ether oxygens (including phenoxy) is 1. The highest BCUT2D eigenvalue weighted by Gasteiger charge is 2.31. The average molecular weight is 356 g/mol. The molecule has 6 nitrogen and oxygen atoms in total. The number of fused-ring (bicyclic) bond motifs is 1. The van der Waals surface area contributed by atoms with Crippen molar-refractivity contribution in [2.75, 3.05) is 31.6 Å². The van der Waals surface area contributed by atoms with Crippen LogP contribution in [-0.4, -0.2) is 49.8 Å². The zero-order valence-electron chi connectivity index (χ0n) is 15.7. The number of carbonyl (C=O) groups is 1. The second kappa shape index (κ2) is 8.01. The SMILES string of the molecule is COC1CN(c2nc3ccccc3cc2C(N)=O)CCC1NCC(C)C. The molecule has 140 valence electrons. The third-order valence-electron chi connectivity index (χ3n) is 4.92. The second-order valence-corrected chi connectivity index (χ2v) is 7.33. The molecule has 0 saturated carbocycles. The lowest BCUT2D eigenvalue weighted by Crippen LogP contribution is -2.54. The number of nitrogens with zero attached hydrogens (tertiary/aromatic N) is 2. The van der Waals surface area contributed by atoms with E-state index in [1.54, 1.807) is 7.11 Å².